The number of ether oxygens (including phenoxy) is 1. The lowest BCUT2D eigenvalue weighted by Crippen LogP contribution is -2.51. The zero-order chi connectivity index (χ0) is 20.4. The summed E-state index contributed by atoms with van der Waals surface area (Å²) >= 11 is 0. The molecule has 0 atom stereocenters. The molecule has 0 radical (unpaired) electrons. The van der Waals surface area contributed by atoms with E-state index in [1.54, 1.807) is 37.1 Å². The van der Waals surface area contributed by atoms with Crippen molar-refractivity contribution in [3.05, 3.63) is 59.5 Å². The molecule has 1 aromatic heterocycles. The number of aromatic nitrogens is 1. The predicted molar refractivity (Wildman–Crippen MR) is 108 cm³/mol. The molecule has 1 aliphatic rings. The van der Waals surface area contributed by atoms with Gasteiger partial charge in [0.05, 0.1) is 13.5 Å². The predicted octanol–water partition coefficient (Wildman–Crippen LogP) is 2.67. The van der Waals surface area contributed by atoms with E-state index >= 15 is 0 Å². The van der Waals surface area contributed by atoms with E-state index in [0.29, 0.717) is 55.2 Å². The topological polar surface area (TPSA) is 75.9 Å². The maximum atomic E-state index is 12.8. The Morgan fingerprint density at radius 3 is 2.41 bits per heavy atom. The number of fused-ring (bicyclic) bond motifs is 1. The van der Waals surface area contributed by atoms with Crippen molar-refractivity contribution < 1.29 is 18.7 Å². The van der Waals surface area contributed by atoms with E-state index in [0.717, 1.165) is 11.3 Å². The van der Waals surface area contributed by atoms with Crippen LogP contribution in [0.5, 0.6) is 5.75 Å². The fourth-order valence-corrected chi connectivity index (χ4v) is 3.55. The van der Waals surface area contributed by atoms with Crippen LogP contribution in [-0.4, -0.2) is 59.9 Å². The Balaban J connectivity index is 1.35. The maximum absolute atomic E-state index is 12.8. The third kappa shape index (κ3) is 4.08. The van der Waals surface area contributed by atoms with Crippen LogP contribution in [0.3, 0.4) is 0 Å². The molecule has 0 bridgehead atoms. The highest BCUT2D eigenvalue weighted by atomic mass is 16.5. The molecule has 0 aliphatic carbocycles. The minimum Gasteiger partial charge on any atom is -0.497 e. The monoisotopic (exact) mass is 393 g/mol. The summed E-state index contributed by atoms with van der Waals surface area (Å²) in [4.78, 5) is 33.3. The van der Waals surface area contributed by atoms with Crippen molar-refractivity contribution in [3.63, 3.8) is 0 Å². The van der Waals surface area contributed by atoms with Gasteiger partial charge in [0.1, 0.15) is 11.3 Å². The number of aryl methyl sites for hydroxylation is 1. The number of nitrogens with zero attached hydrogens (tertiary/aromatic N) is 3. The van der Waals surface area contributed by atoms with E-state index in [-0.39, 0.29) is 11.8 Å². The van der Waals surface area contributed by atoms with Crippen LogP contribution >= 0.6 is 0 Å². The summed E-state index contributed by atoms with van der Waals surface area (Å²) in [5.41, 5.74) is 2.89. The van der Waals surface area contributed by atoms with Crippen molar-refractivity contribution in [3.8, 4) is 5.75 Å². The van der Waals surface area contributed by atoms with Gasteiger partial charge in [0.2, 0.25) is 5.91 Å². The lowest BCUT2D eigenvalue weighted by molar-refractivity contribution is -0.131. The van der Waals surface area contributed by atoms with Crippen molar-refractivity contribution >= 4 is 22.9 Å². The molecule has 1 fully saturated rings. The molecule has 2 heterocycles. The summed E-state index contributed by atoms with van der Waals surface area (Å²) in [6, 6.07) is 12.8. The number of rotatable bonds is 4. The van der Waals surface area contributed by atoms with E-state index in [9.17, 15) is 9.59 Å². The first-order chi connectivity index (χ1) is 14.0. The third-order valence-corrected chi connectivity index (χ3v) is 5.18. The summed E-state index contributed by atoms with van der Waals surface area (Å²) in [7, 11) is 1.62. The number of carbonyl (C=O) groups is 2. The molecule has 0 saturated carbocycles. The minimum absolute atomic E-state index is 0.0465. The van der Waals surface area contributed by atoms with Crippen LogP contribution in [0.2, 0.25) is 0 Å². The van der Waals surface area contributed by atoms with Gasteiger partial charge in [-0.1, -0.05) is 12.1 Å². The SMILES string of the molecule is COc1ccc(CC(=O)N2CCN(C(=O)c3ccc4oc(C)nc4c3)CC2)cc1. The first kappa shape index (κ1) is 19.0. The fourth-order valence-electron chi connectivity index (χ4n) is 3.55. The van der Waals surface area contributed by atoms with Crippen LogP contribution in [0.15, 0.2) is 46.9 Å². The van der Waals surface area contributed by atoms with Crippen molar-refractivity contribution in [2.45, 2.75) is 13.3 Å². The highest BCUT2D eigenvalue weighted by Gasteiger charge is 2.25. The fraction of sp³-hybridized carbons (Fsp3) is 0.318. The zero-order valence-corrected chi connectivity index (χ0v) is 16.6. The molecule has 7 nitrogen and oxygen atoms in total. The van der Waals surface area contributed by atoms with E-state index < -0.39 is 0 Å². The van der Waals surface area contributed by atoms with Gasteiger partial charge in [0.15, 0.2) is 11.5 Å². The maximum Gasteiger partial charge on any atom is 0.254 e. The first-order valence-corrected chi connectivity index (χ1v) is 9.60. The smallest absolute Gasteiger partial charge is 0.254 e. The number of piperazine rings is 1. The molecule has 2 amide bonds. The Labute approximate surface area is 168 Å². The summed E-state index contributed by atoms with van der Waals surface area (Å²) in [5.74, 6) is 1.37. The molecule has 4 rings (SSSR count). The standard InChI is InChI=1S/C22H23N3O4/c1-15-23-19-14-17(5-8-20(19)29-15)22(27)25-11-9-24(10-12-25)21(26)13-16-3-6-18(28-2)7-4-16/h3-8,14H,9-13H2,1-2H3. The Kier molecular flexibility index (Phi) is 5.20. The van der Waals surface area contributed by atoms with Gasteiger partial charge in [0.25, 0.3) is 5.91 Å². The molecule has 0 spiro atoms. The molecule has 2 aromatic carbocycles. The second kappa shape index (κ2) is 7.95. The molecule has 150 valence electrons. The normalized spacial score (nSPS) is 14.3. The van der Waals surface area contributed by atoms with Crippen LogP contribution in [0.25, 0.3) is 11.1 Å². The number of amides is 2. The molecule has 0 unspecified atom stereocenters. The van der Waals surface area contributed by atoms with Crippen LogP contribution in [0.1, 0.15) is 21.8 Å². The second-order valence-corrected chi connectivity index (χ2v) is 7.11. The third-order valence-electron chi connectivity index (χ3n) is 5.18. The quantitative estimate of drug-likeness (QED) is 0.681. The second-order valence-electron chi connectivity index (χ2n) is 7.11. The molecule has 0 N–H and O–H groups in total. The number of methoxy groups -OCH3 is 1. The van der Waals surface area contributed by atoms with Crippen LogP contribution in [0, 0.1) is 6.92 Å². The number of hydrogen-bond donors (Lipinski definition) is 0. The molecule has 1 aliphatic heterocycles. The van der Waals surface area contributed by atoms with Crippen molar-refractivity contribution in [2.75, 3.05) is 33.3 Å². The summed E-state index contributed by atoms with van der Waals surface area (Å²) in [6.07, 6.45) is 0.347. The average molecular weight is 393 g/mol. The molecule has 7 heteroatoms. The largest absolute Gasteiger partial charge is 0.497 e. The Hall–Kier alpha value is -3.35. The Morgan fingerprint density at radius 2 is 1.72 bits per heavy atom. The molecule has 29 heavy (non-hydrogen) atoms. The van der Waals surface area contributed by atoms with E-state index in [1.165, 1.54) is 0 Å². The van der Waals surface area contributed by atoms with Gasteiger partial charge in [-0.15, -0.1) is 0 Å². The highest BCUT2D eigenvalue weighted by Crippen LogP contribution is 2.19. The first-order valence-electron chi connectivity index (χ1n) is 9.60. The minimum atomic E-state index is -0.0465. The zero-order valence-electron chi connectivity index (χ0n) is 16.6. The van der Waals surface area contributed by atoms with E-state index in [2.05, 4.69) is 4.98 Å². The summed E-state index contributed by atoms with van der Waals surface area (Å²) in [5, 5.41) is 0. The van der Waals surface area contributed by atoms with Crippen LogP contribution < -0.4 is 4.74 Å². The van der Waals surface area contributed by atoms with Gasteiger partial charge >= 0.3 is 0 Å². The number of hydrogen-bond acceptors (Lipinski definition) is 5. The van der Waals surface area contributed by atoms with Crippen molar-refractivity contribution in [2.24, 2.45) is 0 Å². The average Bonchev–Trinajstić information content (AvgIpc) is 3.13. The molecule has 3 aromatic rings. The van der Waals surface area contributed by atoms with Gasteiger partial charge < -0.3 is 19.0 Å². The number of benzene rings is 2. The number of carbonyl (C=O) groups excluding carboxylic acids is 2. The van der Waals surface area contributed by atoms with Crippen LogP contribution in [-0.2, 0) is 11.2 Å². The Bertz CT molecular complexity index is 1030. The van der Waals surface area contributed by atoms with Gasteiger partial charge in [-0.3, -0.25) is 9.59 Å². The van der Waals surface area contributed by atoms with Gasteiger partial charge in [-0.2, -0.15) is 0 Å². The lowest BCUT2D eigenvalue weighted by Gasteiger charge is -2.35. The number of oxazole rings is 1. The van der Waals surface area contributed by atoms with Crippen molar-refractivity contribution in [1.82, 2.24) is 14.8 Å². The highest BCUT2D eigenvalue weighted by molar-refractivity contribution is 5.97. The van der Waals surface area contributed by atoms with Crippen molar-refractivity contribution in [1.29, 1.82) is 0 Å². The van der Waals surface area contributed by atoms with Crippen LogP contribution in [0.4, 0.5) is 0 Å². The molecule has 1 saturated heterocycles. The summed E-state index contributed by atoms with van der Waals surface area (Å²) < 4.78 is 10.6. The van der Waals surface area contributed by atoms with Gasteiger partial charge in [0, 0.05) is 38.7 Å². The Morgan fingerprint density at radius 1 is 1.03 bits per heavy atom. The van der Waals surface area contributed by atoms with Gasteiger partial charge in [-0.25, -0.2) is 4.98 Å². The molecular formula is C22H23N3O4. The van der Waals surface area contributed by atoms with Gasteiger partial charge in [-0.05, 0) is 35.9 Å². The van der Waals surface area contributed by atoms with E-state index in [4.69, 9.17) is 9.15 Å². The molecular weight excluding hydrogens is 370 g/mol. The van der Waals surface area contributed by atoms with E-state index in [1.807, 2.05) is 29.2 Å². The lowest BCUT2D eigenvalue weighted by atomic mass is 10.1. The summed E-state index contributed by atoms with van der Waals surface area (Å²) in [6.45, 7) is 3.88.